The Morgan fingerprint density at radius 2 is 2.05 bits per heavy atom. The van der Waals surface area contributed by atoms with E-state index in [1.807, 2.05) is 22.7 Å². The molecule has 1 aromatic rings. The van der Waals surface area contributed by atoms with Crippen molar-refractivity contribution in [2.45, 2.75) is 57.5 Å². The molecule has 2 fully saturated rings. The third-order valence-corrected chi connectivity index (χ3v) is 4.78. The van der Waals surface area contributed by atoms with Crippen molar-refractivity contribution >= 4 is 5.91 Å². The average molecular weight is 291 g/mol. The lowest BCUT2D eigenvalue weighted by Gasteiger charge is -2.26. The SMILES string of the molecule is CCN(C(=O)c1cn(C2CCNCC2)nn1)C1CCCC1. The first-order valence-electron chi connectivity index (χ1n) is 8.23. The number of rotatable bonds is 4. The van der Waals surface area contributed by atoms with Crippen LogP contribution in [0.15, 0.2) is 6.20 Å². The molecule has 0 bridgehead atoms. The molecule has 6 heteroatoms. The van der Waals surface area contributed by atoms with Crippen LogP contribution in [0.2, 0.25) is 0 Å². The summed E-state index contributed by atoms with van der Waals surface area (Å²) >= 11 is 0. The molecular formula is C15H25N5O. The van der Waals surface area contributed by atoms with Crippen LogP contribution in [0.5, 0.6) is 0 Å². The summed E-state index contributed by atoms with van der Waals surface area (Å²) in [6.45, 7) is 4.82. The van der Waals surface area contributed by atoms with Crippen molar-refractivity contribution in [3.8, 4) is 0 Å². The van der Waals surface area contributed by atoms with Gasteiger partial charge in [0.1, 0.15) is 0 Å². The van der Waals surface area contributed by atoms with Gasteiger partial charge in [-0.2, -0.15) is 0 Å². The summed E-state index contributed by atoms with van der Waals surface area (Å²) in [6.07, 6.45) is 8.67. The summed E-state index contributed by atoms with van der Waals surface area (Å²) in [5, 5.41) is 11.7. The Morgan fingerprint density at radius 1 is 1.33 bits per heavy atom. The van der Waals surface area contributed by atoms with Crippen LogP contribution in [-0.4, -0.2) is 51.5 Å². The van der Waals surface area contributed by atoms with Crippen molar-refractivity contribution in [1.82, 2.24) is 25.2 Å². The van der Waals surface area contributed by atoms with Crippen molar-refractivity contribution in [3.63, 3.8) is 0 Å². The van der Waals surface area contributed by atoms with Crippen LogP contribution in [0.3, 0.4) is 0 Å². The van der Waals surface area contributed by atoms with Gasteiger partial charge in [0, 0.05) is 12.6 Å². The molecule has 1 saturated heterocycles. The molecule has 1 aliphatic carbocycles. The van der Waals surface area contributed by atoms with Crippen molar-refractivity contribution in [2.75, 3.05) is 19.6 Å². The summed E-state index contributed by atoms with van der Waals surface area (Å²) < 4.78 is 1.89. The number of carbonyl (C=O) groups excluding carboxylic acids is 1. The molecule has 21 heavy (non-hydrogen) atoms. The Labute approximate surface area is 125 Å². The summed E-state index contributed by atoms with van der Waals surface area (Å²) in [4.78, 5) is 14.6. The molecule has 0 unspecified atom stereocenters. The van der Waals surface area contributed by atoms with Gasteiger partial charge < -0.3 is 10.2 Å². The number of hydrogen-bond acceptors (Lipinski definition) is 4. The highest BCUT2D eigenvalue weighted by atomic mass is 16.2. The van der Waals surface area contributed by atoms with E-state index in [-0.39, 0.29) is 5.91 Å². The summed E-state index contributed by atoms with van der Waals surface area (Å²) in [7, 11) is 0. The zero-order valence-corrected chi connectivity index (χ0v) is 12.8. The van der Waals surface area contributed by atoms with Crippen LogP contribution in [0.25, 0.3) is 0 Å². The smallest absolute Gasteiger partial charge is 0.276 e. The van der Waals surface area contributed by atoms with Crippen LogP contribution in [0, 0.1) is 0 Å². The molecule has 1 amide bonds. The van der Waals surface area contributed by atoms with Crippen LogP contribution >= 0.6 is 0 Å². The maximum Gasteiger partial charge on any atom is 0.276 e. The minimum atomic E-state index is 0.0459. The molecule has 0 aromatic carbocycles. The van der Waals surface area contributed by atoms with E-state index in [4.69, 9.17) is 0 Å². The highest BCUT2D eigenvalue weighted by molar-refractivity contribution is 5.92. The third kappa shape index (κ3) is 3.10. The third-order valence-electron chi connectivity index (χ3n) is 4.78. The molecule has 1 saturated carbocycles. The first-order valence-corrected chi connectivity index (χ1v) is 8.23. The number of hydrogen-bond donors (Lipinski definition) is 1. The zero-order valence-electron chi connectivity index (χ0n) is 12.8. The van der Waals surface area contributed by atoms with Crippen molar-refractivity contribution in [2.24, 2.45) is 0 Å². The highest BCUT2D eigenvalue weighted by Crippen LogP contribution is 2.25. The van der Waals surface area contributed by atoms with Gasteiger partial charge >= 0.3 is 0 Å². The summed E-state index contributed by atoms with van der Waals surface area (Å²) in [6, 6.07) is 0.772. The van der Waals surface area contributed by atoms with E-state index in [0.29, 0.717) is 17.8 Å². The summed E-state index contributed by atoms with van der Waals surface area (Å²) in [5.74, 6) is 0.0459. The fraction of sp³-hybridized carbons (Fsp3) is 0.800. The maximum atomic E-state index is 12.7. The lowest BCUT2D eigenvalue weighted by atomic mass is 10.1. The molecule has 2 heterocycles. The molecule has 2 aliphatic rings. The normalized spacial score (nSPS) is 20.8. The number of nitrogens with zero attached hydrogens (tertiary/aromatic N) is 4. The van der Waals surface area contributed by atoms with E-state index in [1.54, 1.807) is 0 Å². The lowest BCUT2D eigenvalue weighted by Crippen LogP contribution is -2.38. The number of aromatic nitrogens is 3. The Morgan fingerprint density at radius 3 is 2.71 bits per heavy atom. The molecule has 1 aliphatic heterocycles. The Hall–Kier alpha value is -1.43. The second-order valence-corrected chi connectivity index (χ2v) is 6.09. The quantitative estimate of drug-likeness (QED) is 0.915. The van der Waals surface area contributed by atoms with Gasteiger partial charge in [-0.3, -0.25) is 4.79 Å². The molecule has 0 spiro atoms. The lowest BCUT2D eigenvalue weighted by molar-refractivity contribution is 0.0687. The van der Waals surface area contributed by atoms with Gasteiger partial charge in [-0.25, -0.2) is 4.68 Å². The molecule has 1 aromatic heterocycles. The number of carbonyl (C=O) groups is 1. The second-order valence-electron chi connectivity index (χ2n) is 6.09. The largest absolute Gasteiger partial charge is 0.334 e. The topological polar surface area (TPSA) is 63.1 Å². The molecule has 6 nitrogen and oxygen atoms in total. The van der Waals surface area contributed by atoms with E-state index in [1.165, 1.54) is 12.8 Å². The van der Waals surface area contributed by atoms with Gasteiger partial charge in [0.2, 0.25) is 0 Å². The van der Waals surface area contributed by atoms with Gasteiger partial charge in [0.05, 0.1) is 12.2 Å². The van der Waals surface area contributed by atoms with Crippen LogP contribution in [0.1, 0.15) is 62.0 Å². The van der Waals surface area contributed by atoms with Crippen molar-refractivity contribution in [1.29, 1.82) is 0 Å². The number of piperidine rings is 1. The van der Waals surface area contributed by atoms with E-state index in [9.17, 15) is 4.79 Å². The average Bonchev–Trinajstić information content (AvgIpc) is 3.20. The Bertz CT molecular complexity index is 474. The Balaban J connectivity index is 1.70. The van der Waals surface area contributed by atoms with Gasteiger partial charge in [-0.1, -0.05) is 18.1 Å². The standard InChI is InChI=1S/C15H25N5O/c1-2-19(12-5-3-4-6-12)15(21)14-11-20(18-17-14)13-7-9-16-10-8-13/h11-13,16H,2-10H2,1H3. The minimum absolute atomic E-state index is 0.0459. The van der Waals surface area contributed by atoms with Gasteiger partial charge in [0.25, 0.3) is 5.91 Å². The van der Waals surface area contributed by atoms with E-state index in [2.05, 4.69) is 15.6 Å². The molecule has 1 N–H and O–H groups in total. The first-order chi connectivity index (χ1) is 10.3. The predicted molar refractivity (Wildman–Crippen MR) is 80.1 cm³/mol. The van der Waals surface area contributed by atoms with Crippen LogP contribution < -0.4 is 5.32 Å². The number of amides is 1. The van der Waals surface area contributed by atoms with Crippen molar-refractivity contribution in [3.05, 3.63) is 11.9 Å². The molecule has 3 rings (SSSR count). The molecule has 0 radical (unpaired) electrons. The van der Waals surface area contributed by atoms with E-state index < -0.39 is 0 Å². The first kappa shape index (κ1) is 14.5. The fourth-order valence-corrected chi connectivity index (χ4v) is 3.56. The molecule has 0 atom stereocenters. The monoisotopic (exact) mass is 291 g/mol. The van der Waals surface area contributed by atoms with Gasteiger partial charge in [0.15, 0.2) is 5.69 Å². The number of nitrogens with one attached hydrogen (secondary N) is 1. The molecule has 116 valence electrons. The van der Waals surface area contributed by atoms with Crippen LogP contribution in [0.4, 0.5) is 0 Å². The van der Waals surface area contributed by atoms with E-state index in [0.717, 1.165) is 45.3 Å². The molecular weight excluding hydrogens is 266 g/mol. The zero-order chi connectivity index (χ0) is 14.7. The second kappa shape index (κ2) is 6.56. The fourth-order valence-electron chi connectivity index (χ4n) is 3.56. The predicted octanol–water partition coefficient (Wildman–Crippen LogP) is 1.61. The van der Waals surface area contributed by atoms with Crippen molar-refractivity contribution < 1.29 is 4.79 Å². The maximum absolute atomic E-state index is 12.7. The van der Waals surface area contributed by atoms with Crippen LogP contribution in [-0.2, 0) is 0 Å². The van der Waals surface area contributed by atoms with Gasteiger partial charge in [-0.15, -0.1) is 5.10 Å². The highest BCUT2D eigenvalue weighted by Gasteiger charge is 2.28. The van der Waals surface area contributed by atoms with Gasteiger partial charge in [-0.05, 0) is 45.7 Å². The van der Waals surface area contributed by atoms with E-state index >= 15 is 0 Å². The Kier molecular flexibility index (Phi) is 4.53. The minimum Gasteiger partial charge on any atom is -0.334 e. The summed E-state index contributed by atoms with van der Waals surface area (Å²) in [5.41, 5.74) is 0.502.